The molecule has 1 aliphatic heterocycles. The number of hydrogen-bond donors (Lipinski definition) is 0. The van der Waals surface area contributed by atoms with Crippen LogP contribution >= 0.6 is 0 Å². The van der Waals surface area contributed by atoms with E-state index in [4.69, 9.17) is 4.74 Å². The summed E-state index contributed by atoms with van der Waals surface area (Å²) in [5.74, 6) is -0.117. The molecule has 0 N–H and O–H groups in total. The van der Waals surface area contributed by atoms with E-state index < -0.39 is 0 Å². The summed E-state index contributed by atoms with van der Waals surface area (Å²) in [5.41, 5.74) is 1.25. The van der Waals surface area contributed by atoms with Crippen LogP contribution in [-0.2, 0) is 9.53 Å². The molecule has 3 heteroatoms. The Bertz CT molecular complexity index is 363. The molecule has 1 saturated heterocycles. The molecule has 16 heavy (non-hydrogen) atoms. The molecule has 0 aliphatic carbocycles. The van der Waals surface area contributed by atoms with Crippen molar-refractivity contribution in [2.24, 2.45) is 0 Å². The van der Waals surface area contributed by atoms with Gasteiger partial charge in [-0.1, -0.05) is 30.3 Å². The standard InChI is InChI=1S/C13H17NO2/c1-10(11-6-4-3-5-7-11)14-9-8-12(14)13(15)16-2/h3-7,10,12H,8-9H2,1-2H3/t10-,12-/m1/s1. The van der Waals surface area contributed by atoms with Crippen molar-refractivity contribution >= 4 is 5.97 Å². The molecule has 2 rings (SSSR count). The van der Waals surface area contributed by atoms with Gasteiger partial charge in [0.2, 0.25) is 0 Å². The molecule has 0 amide bonds. The van der Waals surface area contributed by atoms with Gasteiger partial charge in [-0.25, -0.2) is 0 Å². The highest BCUT2D eigenvalue weighted by Crippen LogP contribution is 2.30. The van der Waals surface area contributed by atoms with Gasteiger partial charge in [0, 0.05) is 12.6 Å². The van der Waals surface area contributed by atoms with E-state index in [1.165, 1.54) is 12.7 Å². The number of methoxy groups -OCH3 is 1. The topological polar surface area (TPSA) is 29.5 Å². The number of carbonyl (C=O) groups is 1. The molecule has 0 spiro atoms. The average Bonchev–Trinajstić information content (AvgIpc) is 2.28. The van der Waals surface area contributed by atoms with Crippen LogP contribution in [0.5, 0.6) is 0 Å². The number of ether oxygens (including phenoxy) is 1. The molecule has 1 aliphatic rings. The van der Waals surface area contributed by atoms with Crippen LogP contribution in [0.2, 0.25) is 0 Å². The Kier molecular flexibility index (Phi) is 3.25. The minimum absolute atomic E-state index is 0.0554. The van der Waals surface area contributed by atoms with E-state index in [0.29, 0.717) is 0 Å². The molecule has 0 saturated carbocycles. The Labute approximate surface area is 96.0 Å². The van der Waals surface area contributed by atoms with Crippen molar-refractivity contribution in [2.45, 2.75) is 25.4 Å². The quantitative estimate of drug-likeness (QED) is 0.728. The largest absolute Gasteiger partial charge is 0.468 e. The van der Waals surface area contributed by atoms with Gasteiger partial charge in [0.15, 0.2) is 0 Å². The van der Waals surface area contributed by atoms with Crippen LogP contribution in [0.1, 0.15) is 24.9 Å². The normalized spacial score (nSPS) is 22.2. The number of likely N-dealkylation sites (tertiary alicyclic amines) is 1. The second-order valence-corrected chi connectivity index (χ2v) is 4.15. The van der Waals surface area contributed by atoms with E-state index in [1.807, 2.05) is 18.2 Å². The minimum Gasteiger partial charge on any atom is -0.468 e. The molecule has 2 atom stereocenters. The highest BCUT2D eigenvalue weighted by Gasteiger charge is 2.38. The predicted octanol–water partition coefficient (Wildman–Crippen LogP) is 1.99. The third-order valence-electron chi connectivity index (χ3n) is 3.31. The van der Waals surface area contributed by atoms with Gasteiger partial charge in [0.05, 0.1) is 7.11 Å². The minimum atomic E-state index is -0.117. The monoisotopic (exact) mass is 219 g/mol. The van der Waals surface area contributed by atoms with E-state index in [-0.39, 0.29) is 18.1 Å². The third kappa shape index (κ3) is 1.95. The van der Waals surface area contributed by atoms with Crippen molar-refractivity contribution in [1.29, 1.82) is 0 Å². The van der Waals surface area contributed by atoms with Crippen LogP contribution in [0.3, 0.4) is 0 Å². The van der Waals surface area contributed by atoms with Crippen LogP contribution in [0.15, 0.2) is 30.3 Å². The fourth-order valence-corrected chi connectivity index (χ4v) is 2.18. The lowest BCUT2D eigenvalue weighted by Crippen LogP contribution is -2.53. The first-order valence-electron chi connectivity index (χ1n) is 5.62. The van der Waals surface area contributed by atoms with E-state index in [9.17, 15) is 4.79 Å². The first kappa shape index (κ1) is 11.1. The van der Waals surface area contributed by atoms with Gasteiger partial charge >= 0.3 is 5.97 Å². The molecule has 1 heterocycles. The zero-order chi connectivity index (χ0) is 11.5. The maximum Gasteiger partial charge on any atom is 0.323 e. The Morgan fingerprint density at radius 2 is 2.12 bits per heavy atom. The summed E-state index contributed by atoms with van der Waals surface area (Å²) in [6.07, 6.45) is 0.907. The van der Waals surface area contributed by atoms with E-state index >= 15 is 0 Å². The maximum absolute atomic E-state index is 11.5. The molecule has 0 unspecified atom stereocenters. The van der Waals surface area contributed by atoms with Crippen molar-refractivity contribution in [2.75, 3.05) is 13.7 Å². The van der Waals surface area contributed by atoms with Crippen LogP contribution in [0.25, 0.3) is 0 Å². The third-order valence-corrected chi connectivity index (χ3v) is 3.31. The molecule has 0 bridgehead atoms. The van der Waals surface area contributed by atoms with E-state index in [2.05, 4.69) is 24.0 Å². The van der Waals surface area contributed by atoms with Gasteiger partial charge in [-0.05, 0) is 18.9 Å². The average molecular weight is 219 g/mol. The van der Waals surface area contributed by atoms with Gasteiger partial charge in [-0.2, -0.15) is 0 Å². The zero-order valence-corrected chi connectivity index (χ0v) is 9.72. The number of rotatable bonds is 3. The first-order valence-corrected chi connectivity index (χ1v) is 5.62. The lowest BCUT2D eigenvalue weighted by Gasteiger charge is -2.43. The summed E-state index contributed by atoms with van der Waals surface area (Å²) >= 11 is 0. The Balaban J connectivity index is 2.06. The number of esters is 1. The number of nitrogens with zero attached hydrogens (tertiary/aromatic N) is 1. The molecule has 3 nitrogen and oxygen atoms in total. The summed E-state index contributed by atoms with van der Waals surface area (Å²) in [5, 5.41) is 0. The summed E-state index contributed by atoms with van der Waals surface area (Å²) < 4.78 is 4.79. The summed E-state index contributed by atoms with van der Waals surface area (Å²) in [4.78, 5) is 13.7. The Morgan fingerprint density at radius 3 is 2.62 bits per heavy atom. The Hall–Kier alpha value is -1.35. The van der Waals surface area contributed by atoms with Gasteiger partial charge in [0.1, 0.15) is 6.04 Å². The second-order valence-electron chi connectivity index (χ2n) is 4.15. The number of benzene rings is 1. The SMILES string of the molecule is COC(=O)[C@H]1CCN1[C@H](C)c1ccccc1. The van der Waals surface area contributed by atoms with E-state index in [0.717, 1.165) is 13.0 Å². The lowest BCUT2D eigenvalue weighted by molar-refractivity contribution is -0.153. The van der Waals surface area contributed by atoms with Crippen LogP contribution < -0.4 is 0 Å². The van der Waals surface area contributed by atoms with Crippen molar-refractivity contribution in [3.8, 4) is 0 Å². The number of hydrogen-bond acceptors (Lipinski definition) is 3. The molecule has 1 fully saturated rings. The van der Waals surface area contributed by atoms with Crippen molar-refractivity contribution < 1.29 is 9.53 Å². The number of carbonyl (C=O) groups excluding carboxylic acids is 1. The molecule has 1 aromatic rings. The lowest BCUT2D eigenvalue weighted by atomic mass is 9.96. The predicted molar refractivity (Wildman–Crippen MR) is 62.0 cm³/mol. The van der Waals surface area contributed by atoms with Gasteiger partial charge < -0.3 is 4.74 Å². The highest BCUT2D eigenvalue weighted by molar-refractivity contribution is 5.76. The maximum atomic E-state index is 11.5. The Morgan fingerprint density at radius 1 is 1.44 bits per heavy atom. The van der Waals surface area contributed by atoms with Crippen LogP contribution in [0, 0.1) is 0 Å². The van der Waals surface area contributed by atoms with Gasteiger partial charge in [-0.3, -0.25) is 9.69 Å². The fraction of sp³-hybridized carbons (Fsp3) is 0.462. The first-order chi connectivity index (χ1) is 7.74. The van der Waals surface area contributed by atoms with E-state index in [1.54, 1.807) is 0 Å². The van der Waals surface area contributed by atoms with Crippen LogP contribution in [-0.4, -0.2) is 30.6 Å². The molecule has 0 aromatic heterocycles. The molecular weight excluding hydrogens is 202 g/mol. The summed E-state index contributed by atoms with van der Waals surface area (Å²) in [6, 6.07) is 10.5. The zero-order valence-electron chi connectivity index (χ0n) is 9.72. The van der Waals surface area contributed by atoms with Gasteiger partial charge in [-0.15, -0.1) is 0 Å². The second kappa shape index (κ2) is 4.66. The smallest absolute Gasteiger partial charge is 0.323 e. The molecule has 1 aromatic carbocycles. The molecule has 0 radical (unpaired) electrons. The van der Waals surface area contributed by atoms with Crippen molar-refractivity contribution in [3.63, 3.8) is 0 Å². The molecule has 86 valence electrons. The highest BCUT2D eigenvalue weighted by atomic mass is 16.5. The van der Waals surface area contributed by atoms with Crippen molar-refractivity contribution in [1.82, 2.24) is 4.90 Å². The fourth-order valence-electron chi connectivity index (χ4n) is 2.18. The van der Waals surface area contributed by atoms with Crippen molar-refractivity contribution in [3.05, 3.63) is 35.9 Å². The summed E-state index contributed by atoms with van der Waals surface area (Å²) in [7, 11) is 1.45. The van der Waals surface area contributed by atoms with Crippen LogP contribution in [0.4, 0.5) is 0 Å². The van der Waals surface area contributed by atoms with Gasteiger partial charge in [0.25, 0.3) is 0 Å². The summed E-state index contributed by atoms with van der Waals surface area (Å²) in [6.45, 7) is 3.10. The molecular formula is C13H17NO2.